The normalized spacial score (nSPS) is 10.9. The lowest BCUT2D eigenvalue weighted by Gasteiger charge is -2.15. The van der Waals surface area contributed by atoms with Gasteiger partial charge in [0.1, 0.15) is 11.5 Å². The largest absolute Gasteiger partial charge is 0.495 e. The van der Waals surface area contributed by atoms with Crippen molar-refractivity contribution in [3.05, 3.63) is 41.4 Å². The molecule has 10 heteroatoms. The zero-order chi connectivity index (χ0) is 20.7. The molecule has 0 aliphatic carbocycles. The van der Waals surface area contributed by atoms with Crippen molar-refractivity contribution >= 4 is 39.1 Å². The first kappa shape index (κ1) is 21.6. The molecule has 0 spiro atoms. The molecule has 0 radical (unpaired) electrons. The molecule has 0 unspecified atom stereocenters. The van der Waals surface area contributed by atoms with Crippen LogP contribution in [-0.4, -0.2) is 34.8 Å². The summed E-state index contributed by atoms with van der Waals surface area (Å²) >= 11 is 5.95. The van der Waals surface area contributed by atoms with E-state index in [9.17, 15) is 13.2 Å². The summed E-state index contributed by atoms with van der Waals surface area (Å²) in [4.78, 5) is 11.7. The summed E-state index contributed by atoms with van der Waals surface area (Å²) in [5.41, 5.74) is 0.352. The van der Waals surface area contributed by atoms with Gasteiger partial charge in [-0.25, -0.2) is 13.2 Å². The standard InChI is InChI=1S/C18H21ClN2O6S/c1-4-26-17-9-7-13(11-14(17)20-18(22)27-5-2)28(23,24)21-15-10-12(19)6-8-16(15)25-3/h6-11,21H,4-5H2,1-3H3,(H,20,22). The zero-order valence-electron chi connectivity index (χ0n) is 15.6. The van der Waals surface area contributed by atoms with E-state index in [0.29, 0.717) is 23.1 Å². The Hall–Kier alpha value is -2.65. The lowest BCUT2D eigenvalue weighted by Crippen LogP contribution is -2.17. The SMILES string of the molecule is CCOC(=O)Nc1cc(S(=O)(=O)Nc2cc(Cl)ccc2OC)ccc1OCC. The van der Waals surface area contributed by atoms with Gasteiger partial charge in [0.25, 0.3) is 10.0 Å². The molecule has 2 rings (SSSR count). The number of carbonyl (C=O) groups excluding carboxylic acids is 1. The van der Waals surface area contributed by atoms with Crippen molar-refractivity contribution < 1.29 is 27.4 Å². The van der Waals surface area contributed by atoms with Gasteiger partial charge in [0.15, 0.2) is 0 Å². The summed E-state index contributed by atoms with van der Waals surface area (Å²) in [7, 11) is -2.59. The topological polar surface area (TPSA) is 103 Å². The molecule has 0 aliphatic rings. The van der Waals surface area contributed by atoms with Crippen molar-refractivity contribution in [1.29, 1.82) is 0 Å². The van der Waals surface area contributed by atoms with Crippen LogP contribution in [0.4, 0.5) is 16.2 Å². The van der Waals surface area contributed by atoms with Gasteiger partial charge in [-0.2, -0.15) is 0 Å². The van der Waals surface area contributed by atoms with E-state index < -0.39 is 16.1 Å². The number of nitrogens with one attached hydrogen (secondary N) is 2. The van der Waals surface area contributed by atoms with Gasteiger partial charge in [-0.15, -0.1) is 0 Å². The number of hydrogen-bond acceptors (Lipinski definition) is 6. The number of rotatable bonds is 8. The van der Waals surface area contributed by atoms with Gasteiger partial charge in [0, 0.05) is 5.02 Å². The Morgan fingerprint density at radius 3 is 2.39 bits per heavy atom. The molecular weight excluding hydrogens is 408 g/mol. The van der Waals surface area contributed by atoms with Crippen molar-refractivity contribution in [2.24, 2.45) is 0 Å². The van der Waals surface area contributed by atoms with E-state index in [2.05, 4.69) is 10.0 Å². The highest BCUT2D eigenvalue weighted by molar-refractivity contribution is 7.92. The van der Waals surface area contributed by atoms with E-state index in [1.54, 1.807) is 26.0 Å². The van der Waals surface area contributed by atoms with Gasteiger partial charge in [0.2, 0.25) is 0 Å². The summed E-state index contributed by atoms with van der Waals surface area (Å²) in [6, 6.07) is 8.66. The molecule has 0 fully saturated rings. The molecule has 0 atom stereocenters. The Morgan fingerprint density at radius 1 is 1.04 bits per heavy atom. The van der Waals surface area contributed by atoms with Crippen molar-refractivity contribution in [3.8, 4) is 11.5 Å². The minimum atomic E-state index is -4.00. The van der Waals surface area contributed by atoms with Crippen molar-refractivity contribution in [3.63, 3.8) is 0 Å². The van der Waals surface area contributed by atoms with E-state index >= 15 is 0 Å². The summed E-state index contributed by atoms with van der Waals surface area (Å²) < 4.78 is 43.5. The molecule has 1 amide bonds. The maximum absolute atomic E-state index is 12.8. The molecule has 0 saturated heterocycles. The molecule has 2 aromatic rings. The van der Waals surface area contributed by atoms with Gasteiger partial charge < -0.3 is 14.2 Å². The molecule has 2 aromatic carbocycles. The van der Waals surface area contributed by atoms with Gasteiger partial charge >= 0.3 is 6.09 Å². The number of methoxy groups -OCH3 is 1. The van der Waals surface area contributed by atoms with Crippen LogP contribution in [0, 0.1) is 0 Å². The molecule has 28 heavy (non-hydrogen) atoms. The number of amides is 1. The lowest BCUT2D eigenvalue weighted by molar-refractivity contribution is 0.167. The third-order valence-electron chi connectivity index (χ3n) is 3.48. The maximum Gasteiger partial charge on any atom is 0.411 e. The second-order valence-electron chi connectivity index (χ2n) is 5.39. The second kappa shape index (κ2) is 9.52. The van der Waals surface area contributed by atoms with Crippen molar-refractivity contribution in [2.45, 2.75) is 18.7 Å². The molecule has 0 aliphatic heterocycles. The van der Waals surface area contributed by atoms with Crippen LogP contribution in [0.3, 0.4) is 0 Å². The van der Waals surface area contributed by atoms with Crippen LogP contribution in [0.5, 0.6) is 11.5 Å². The smallest absolute Gasteiger partial charge is 0.411 e. The van der Waals surface area contributed by atoms with Crippen LogP contribution in [0.25, 0.3) is 0 Å². The highest BCUT2D eigenvalue weighted by Crippen LogP contribution is 2.32. The predicted octanol–water partition coefficient (Wildman–Crippen LogP) is 4.12. The molecule has 2 N–H and O–H groups in total. The number of ether oxygens (including phenoxy) is 3. The summed E-state index contributed by atoms with van der Waals surface area (Å²) in [6.07, 6.45) is -0.720. The Kier molecular flexibility index (Phi) is 7.36. The van der Waals surface area contributed by atoms with E-state index in [4.69, 9.17) is 25.8 Å². The molecule has 152 valence electrons. The predicted molar refractivity (Wildman–Crippen MR) is 107 cm³/mol. The Balaban J connectivity index is 2.39. The molecule has 8 nitrogen and oxygen atoms in total. The first-order valence-corrected chi connectivity index (χ1v) is 10.2. The van der Waals surface area contributed by atoms with E-state index in [-0.39, 0.29) is 22.9 Å². The van der Waals surface area contributed by atoms with Crippen LogP contribution in [0.1, 0.15) is 13.8 Å². The average Bonchev–Trinajstić information content (AvgIpc) is 2.63. The first-order valence-electron chi connectivity index (χ1n) is 8.37. The number of benzene rings is 2. The fourth-order valence-corrected chi connectivity index (χ4v) is 3.56. The number of sulfonamides is 1. The molecule has 0 saturated carbocycles. The van der Waals surface area contributed by atoms with Crippen molar-refractivity contribution in [1.82, 2.24) is 0 Å². The van der Waals surface area contributed by atoms with Crippen LogP contribution >= 0.6 is 11.6 Å². The number of carbonyl (C=O) groups is 1. The monoisotopic (exact) mass is 428 g/mol. The summed E-state index contributed by atoms with van der Waals surface area (Å²) in [6.45, 7) is 3.93. The van der Waals surface area contributed by atoms with Gasteiger partial charge in [0.05, 0.1) is 36.6 Å². The quantitative estimate of drug-likeness (QED) is 0.655. The molecule has 0 aromatic heterocycles. The fourth-order valence-electron chi connectivity index (χ4n) is 2.30. The molecule has 0 heterocycles. The van der Waals surface area contributed by atoms with Gasteiger partial charge in [-0.1, -0.05) is 11.6 Å². The van der Waals surface area contributed by atoms with Crippen molar-refractivity contribution in [2.75, 3.05) is 30.4 Å². The average molecular weight is 429 g/mol. The summed E-state index contributed by atoms with van der Waals surface area (Å²) in [5, 5.41) is 2.82. The Morgan fingerprint density at radius 2 is 1.75 bits per heavy atom. The highest BCUT2D eigenvalue weighted by atomic mass is 35.5. The molecule has 0 bridgehead atoms. The van der Waals surface area contributed by atoms with Gasteiger partial charge in [-0.05, 0) is 50.2 Å². The maximum atomic E-state index is 12.8. The van der Waals surface area contributed by atoms with Gasteiger partial charge in [-0.3, -0.25) is 10.0 Å². The Labute approximate surface area is 168 Å². The van der Waals surface area contributed by atoms with E-state index in [0.717, 1.165) is 0 Å². The van der Waals surface area contributed by atoms with E-state index in [1.165, 1.54) is 31.4 Å². The zero-order valence-corrected chi connectivity index (χ0v) is 17.2. The third kappa shape index (κ3) is 5.43. The number of hydrogen-bond donors (Lipinski definition) is 2. The number of anilines is 2. The number of halogens is 1. The summed E-state index contributed by atoms with van der Waals surface area (Å²) in [5.74, 6) is 0.624. The van der Waals surface area contributed by atoms with E-state index in [1.807, 2.05) is 0 Å². The van der Waals surface area contributed by atoms with Crippen LogP contribution in [0.15, 0.2) is 41.3 Å². The van der Waals surface area contributed by atoms with Crippen LogP contribution in [-0.2, 0) is 14.8 Å². The Bertz CT molecular complexity index is 949. The minimum Gasteiger partial charge on any atom is -0.495 e. The third-order valence-corrected chi connectivity index (χ3v) is 5.08. The van der Waals surface area contributed by atoms with Crippen LogP contribution in [0.2, 0.25) is 5.02 Å². The fraction of sp³-hybridized carbons (Fsp3) is 0.278. The highest BCUT2D eigenvalue weighted by Gasteiger charge is 2.20. The molecular formula is C18H21ClN2O6S. The second-order valence-corrected chi connectivity index (χ2v) is 7.51. The van der Waals surface area contributed by atoms with Crippen LogP contribution < -0.4 is 19.5 Å². The lowest BCUT2D eigenvalue weighted by atomic mass is 10.3. The first-order chi connectivity index (χ1) is 13.3. The minimum absolute atomic E-state index is 0.0928.